The fourth-order valence-corrected chi connectivity index (χ4v) is 8.27. The van der Waals surface area contributed by atoms with Crippen LogP contribution in [0.25, 0.3) is 22.5 Å². The Morgan fingerprint density at radius 1 is 1.06 bits per heavy atom. The van der Waals surface area contributed by atoms with Crippen LogP contribution in [-0.4, -0.2) is 93.5 Å². The molecule has 7 heterocycles. The molecule has 8 rings (SSSR count). The summed E-state index contributed by atoms with van der Waals surface area (Å²) in [7, 11) is 5.63. The number of rotatable bonds is 7. The van der Waals surface area contributed by atoms with Crippen molar-refractivity contribution in [3.63, 3.8) is 0 Å². The highest BCUT2D eigenvalue weighted by atomic mass is 16.5. The number of piperazine rings is 1. The Kier molecular flexibility index (Phi) is 8.04. The summed E-state index contributed by atoms with van der Waals surface area (Å²) in [5.74, 6) is 0.898. The molecule has 0 spiro atoms. The molecule has 2 N–H and O–H groups in total. The maximum Gasteiger partial charge on any atom is 0.280 e. The van der Waals surface area contributed by atoms with Crippen molar-refractivity contribution in [1.29, 1.82) is 0 Å². The molecular formula is C37H44B2N8O4. The molecular weight excluding hydrogens is 642 g/mol. The van der Waals surface area contributed by atoms with Gasteiger partial charge >= 0.3 is 0 Å². The summed E-state index contributed by atoms with van der Waals surface area (Å²) >= 11 is 0. The van der Waals surface area contributed by atoms with Gasteiger partial charge < -0.3 is 29.0 Å². The summed E-state index contributed by atoms with van der Waals surface area (Å²) in [6, 6.07) is 8.87. The summed E-state index contributed by atoms with van der Waals surface area (Å²) in [6.45, 7) is 11.1. The van der Waals surface area contributed by atoms with Gasteiger partial charge in [0.2, 0.25) is 0 Å². The molecule has 2 aliphatic heterocycles. The van der Waals surface area contributed by atoms with Crippen molar-refractivity contribution in [2.24, 2.45) is 12.5 Å². The minimum atomic E-state index is -0.957. The molecule has 5 aromatic rings. The number of hydrogen-bond donors (Lipinski definition) is 2. The van der Waals surface area contributed by atoms with Crippen LogP contribution in [0.2, 0.25) is 0 Å². The van der Waals surface area contributed by atoms with E-state index in [0.29, 0.717) is 45.6 Å². The van der Waals surface area contributed by atoms with Crippen LogP contribution in [0.1, 0.15) is 43.6 Å². The van der Waals surface area contributed by atoms with Crippen molar-refractivity contribution >= 4 is 38.4 Å². The molecule has 2 atom stereocenters. The van der Waals surface area contributed by atoms with Gasteiger partial charge in [0, 0.05) is 85.8 Å². The Hall–Kier alpha value is -4.65. The van der Waals surface area contributed by atoms with E-state index < -0.39 is 6.00 Å². The van der Waals surface area contributed by atoms with Gasteiger partial charge in [-0.05, 0) is 66.6 Å². The average molecular weight is 686 g/mol. The molecule has 262 valence electrons. The SMILES string of the molecule is BC(O)c1c(-c2cc(Nc3ccc(N4CCN(C5(B)COC5)C[C@@H]4C)cn3)c(=O)n(C)c2)ccnc1-n1ccn2c3c(cc2c1=O)CC(C)(C)C3. The van der Waals surface area contributed by atoms with Gasteiger partial charge in [0.05, 0.1) is 25.1 Å². The van der Waals surface area contributed by atoms with Crippen molar-refractivity contribution in [3.8, 4) is 16.9 Å². The summed E-state index contributed by atoms with van der Waals surface area (Å²) < 4.78 is 10.5. The molecule has 0 aromatic carbocycles. The molecule has 0 saturated carbocycles. The highest BCUT2D eigenvalue weighted by Crippen LogP contribution is 2.38. The normalized spacial score (nSPS) is 20.3. The van der Waals surface area contributed by atoms with Gasteiger partial charge in [-0.1, -0.05) is 13.8 Å². The highest BCUT2D eigenvalue weighted by Gasteiger charge is 2.42. The second-order valence-electron chi connectivity index (χ2n) is 15.7. The Balaban J connectivity index is 1.08. The number of aromatic nitrogens is 5. The first kappa shape index (κ1) is 33.5. The molecule has 0 bridgehead atoms. The smallest absolute Gasteiger partial charge is 0.280 e. The molecule has 1 aliphatic carbocycles. The molecule has 2 saturated heterocycles. The first-order valence-corrected chi connectivity index (χ1v) is 17.8. The van der Waals surface area contributed by atoms with Crippen LogP contribution in [0.5, 0.6) is 0 Å². The van der Waals surface area contributed by atoms with E-state index in [0.717, 1.165) is 51.4 Å². The zero-order chi connectivity index (χ0) is 35.8. The number of aryl methyl sites for hydroxylation is 1. The van der Waals surface area contributed by atoms with Crippen LogP contribution in [0.15, 0.2) is 70.9 Å². The van der Waals surface area contributed by atoms with E-state index in [-0.39, 0.29) is 22.0 Å². The van der Waals surface area contributed by atoms with E-state index >= 15 is 0 Å². The van der Waals surface area contributed by atoms with Crippen LogP contribution < -0.4 is 21.3 Å². The Morgan fingerprint density at radius 2 is 1.86 bits per heavy atom. The van der Waals surface area contributed by atoms with Gasteiger partial charge in [-0.2, -0.15) is 0 Å². The largest absolute Gasteiger partial charge is 0.398 e. The van der Waals surface area contributed by atoms with Crippen LogP contribution in [0.4, 0.5) is 17.2 Å². The van der Waals surface area contributed by atoms with Crippen molar-refractivity contribution in [2.75, 3.05) is 43.1 Å². The molecule has 3 aliphatic rings. The van der Waals surface area contributed by atoms with E-state index in [4.69, 9.17) is 4.74 Å². The number of fused-ring (bicyclic) bond motifs is 3. The van der Waals surface area contributed by atoms with Crippen molar-refractivity contribution < 1.29 is 9.84 Å². The molecule has 0 amide bonds. The molecule has 0 radical (unpaired) electrons. The number of hydrogen-bond acceptors (Lipinski definition) is 9. The number of ether oxygens (including phenoxy) is 1. The summed E-state index contributed by atoms with van der Waals surface area (Å²) in [4.78, 5) is 41.5. The molecule has 12 nitrogen and oxygen atoms in total. The first-order chi connectivity index (χ1) is 24.3. The van der Waals surface area contributed by atoms with Gasteiger partial charge in [0.25, 0.3) is 11.1 Å². The molecule has 51 heavy (non-hydrogen) atoms. The summed E-state index contributed by atoms with van der Waals surface area (Å²) in [5, 5.41) is 14.4. The molecule has 5 aromatic heterocycles. The molecule has 2 fully saturated rings. The van der Waals surface area contributed by atoms with Crippen LogP contribution >= 0.6 is 0 Å². The number of aliphatic hydroxyl groups excluding tert-OH is 1. The second-order valence-corrected chi connectivity index (χ2v) is 15.7. The second kappa shape index (κ2) is 12.2. The zero-order valence-corrected chi connectivity index (χ0v) is 30.2. The van der Waals surface area contributed by atoms with Crippen molar-refractivity contribution in [3.05, 3.63) is 98.8 Å². The Bertz CT molecular complexity index is 2280. The van der Waals surface area contributed by atoms with Gasteiger partial charge in [0.15, 0.2) is 0 Å². The number of anilines is 3. The lowest BCUT2D eigenvalue weighted by molar-refractivity contribution is -0.0963. The van der Waals surface area contributed by atoms with Gasteiger partial charge in [-0.25, -0.2) is 9.97 Å². The van der Waals surface area contributed by atoms with Gasteiger partial charge in [-0.15, -0.1) is 0 Å². The quantitative estimate of drug-likeness (QED) is 0.246. The number of pyridine rings is 3. The third kappa shape index (κ3) is 5.79. The monoisotopic (exact) mass is 686 g/mol. The topological polar surface area (TPSA) is 122 Å². The lowest BCUT2D eigenvalue weighted by atomic mass is 9.73. The minimum Gasteiger partial charge on any atom is -0.398 e. The van der Waals surface area contributed by atoms with E-state index in [1.807, 2.05) is 35.0 Å². The van der Waals surface area contributed by atoms with E-state index in [9.17, 15) is 14.7 Å². The maximum absolute atomic E-state index is 13.9. The Labute approximate surface area is 298 Å². The highest BCUT2D eigenvalue weighted by molar-refractivity contribution is 6.16. The zero-order valence-electron chi connectivity index (χ0n) is 30.2. The number of nitrogens with zero attached hydrogens (tertiary/aromatic N) is 7. The lowest BCUT2D eigenvalue weighted by Crippen LogP contribution is -2.68. The van der Waals surface area contributed by atoms with Crippen LogP contribution in [-0.2, 0) is 24.6 Å². The summed E-state index contributed by atoms with van der Waals surface area (Å²) in [5.41, 5.74) is 6.05. The predicted octanol–water partition coefficient (Wildman–Crippen LogP) is 1.61. The van der Waals surface area contributed by atoms with E-state index in [1.54, 1.807) is 45.6 Å². The maximum atomic E-state index is 13.9. The number of aliphatic hydroxyl groups is 1. The van der Waals surface area contributed by atoms with Crippen molar-refractivity contribution in [1.82, 2.24) is 28.4 Å². The van der Waals surface area contributed by atoms with Gasteiger partial charge in [-0.3, -0.25) is 19.1 Å². The Morgan fingerprint density at radius 3 is 2.55 bits per heavy atom. The predicted molar refractivity (Wildman–Crippen MR) is 204 cm³/mol. The van der Waals surface area contributed by atoms with E-state index in [1.165, 1.54) is 20.4 Å². The standard InChI is InChI=1S/C37H44B2N8O4/c1-22-18-44(37(39)20-51-21-37)9-10-45(22)25-5-6-30(41-17-25)42-27-13-24(19-43(4)34(27)49)26-7-8-40-33(31(26)32(38)48)47-12-11-46-28(35(47)50)14-23-15-36(2,3)16-29(23)46/h5-8,11-14,17,19,22,32,48H,9-10,15-16,18,20-21,38-39H2,1-4H3,(H,41,42)/t22-,32?/m0/s1. The fourth-order valence-electron chi connectivity index (χ4n) is 8.27. The third-order valence-electron chi connectivity index (χ3n) is 11.0. The lowest BCUT2D eigenvalue weighted by Gasteiger charge is -2.53. The fraction of sp³-hybridized carbons (Fsp3) is 0.405. The summed E-state index contributed by atoms with van der Waals surface area (Å²) in [6.07, 6.45) is 10.7. The van der Waals surface area contributed by atoms with E-state index in [2.05, 4.69) is 53.7 Å². The van der Waals surface area contributed by atoms with Crippen LogP contribution in [0, 0.1) is 5.41 Å². The molecule has 1 unspecified atom stereocenters. The third-order valence-corrected chi connectivity index (χ3v) is 11.0. The average Bonchev–Trinajstić information content (AvgIpc) is 3.58. The van der Waals surface area contributed by atoms with Crippen LogP contribution in [0.3, 0.4) is 0 Å². The van der Waals surface area contributed by atoms with Gasteiger partial charge in [0.1, 0.15) is 38.5 Å². The first-order valence-electron chi connectivity index (χ1n) is 17.8. The minimum absolute atomic E-state index is 0.133. The molecule has 14 heteroatoms. The van der Waals surface area contributed by atoms with Crippen molar-refractivity contribution in [2.45, 2.75) is 51.1 Å². The number of nitrogens with one attached hydrogen (secondary N) is 1.